The van der Waals surface area contributed by atoms with E-state index in [2.05, 4.69) is 20.1 Å². The van der Waals surface area contributed by atoms with Gasteiger partial charge in [0.2, 0.25) is 0 Å². The number of hydrogen-bond donors (Lipinski definition) is 0. The van der Waals surface area contributed by atoms with Gasteiger partial charge in [-0.15, -0.1) is 16.4 Å². The summed E-state index contributed by atoms with van der Waals surface area (Å²) in [4.78, 5) is 3.96. The minimum atomic E-state index is 0.836. The van der Waals surface area contributed by atoms with Gasteiger partial charge in [0.25, 0.3) is 0 Å². The zero-order valence-corrected chi connectivity index (χ0v) is 6.45. The van der Waals surface area contributed by atoms with Gasteiger partial charge in [0, 0.05) is 10.8 Å². The van der Waals surface area contributed by atoms with Crippen LogP contribution in [0.1, 0.15) is 0 Å². The predicted molar refractivity (Wildman–Crippen MR) is 39.9 cm³/mol. The molecule has 0 amide bonds. The van der Waals surface area contributed by atoms with Crippen molar-refractivity contribution in [2.45, 2.75) is 0 Å². The molecule has 2 aromatic rings. The molecule has 0 aliphatic rings. The van der Waals surface area contributed by atoms with E-state index < -0.39 is 0 Å². The van der Waals surface area contributed by atoms with Crippen LogP contribution in [-0.4, -0.2) is 14.6 Å². The second-order valence-electron chi connectivity index (χ2n) is 1.61. The molecule has 0 aliphatic heterocycles. The van der Waals surface area contributed by atoms with Crippen LogP contribution < -0.4 is 0 Å². The van der Waals surface area contributed by atoms with Crippen LogP contribution in [0, 0.1) is 5.51 Å². The van der Waals surface area contributed by atoms with Gasteiger partial charge in [-0.2, -0.15) is 0 Å². The highest BCUT2D eigenvalue weighted by Crippen LogP contribution is 2.15. The molecular weight excluding hydrogens is 166 g/mol. The third-order valence-corrected chi connectivity index (χ3v) is 2.05. The Morgan fingerprint density at radius 1 is 1.30 bits per heavy atom. The van der Waals surface area contributed by atoms with Gasteiger partial charge in [-0.25, -0.2) is 4.98 Å². The van der Waals surface area contributed by atoms with E-state index in [0.717, 1.165) is 11.4 Å². The van der Waals surface area contributed by atoms with E-state index in [0.29, 0.717) is 0 Å². The highest BCUT2D eigenvalue weighted by molar-refractivity contribution is 7.07. The molecule has 1 radical (unpaired) electrons. The van der Waals surface area contributed by atoms with Crippen LogP contribution in [0.15, 0.2) is 10.8 Å². The lowest BCUT2D eigenvalue weighted by Gasteiger charge is -1.80. The first-order valence-corrected chi connectivity index (χ1v) is 4.27. The molecule has 0 bridgehead atoms. The third-order valence-electron chi connectivity index (χ3n) is 1.01. The molecule has 0 unspecified atom stereocenters. The smallest absolute Gasteiger partial charge is 0.152 e. The summed E-state index contributed by atoms with van der Waals surface area (Å²) in [6, 6.07) is 0. The van der Waals surface area contributed by atoms with Gasteiger partial charge in [0.15, 0.2) is 5.51 Å². The number of aromatic nitrogens is 3. The molecule has 2 rings (SSSR count). The summed E-state index contributed by atoms with van der Waals surface area (Å²) in [5.41, 5.74) is 4.44. The fourth-order valence-electron chi connectivity index (χ4n) is 0.578. The minimum Gasteiger partial charge on any atom is -0.232 e. The standard InChI is InChI=1S/C5H2N3S2/c1-4(6-3-9-1)5-2-10-8-7-5/h1-2H. The average Bonchev–Trinajstić information content (AvgIpc) is 2.59. The highest BCUT2D eigenvalue weighted by atomic mass is 32.1. The maximum Gasteiger partial charge on any atom is 0.152 e. The largest absolute Gasteiger partial charge is 0.232 e. The van der Waals surface area contributed by atoms with Crippen LogP contribution in [0.4, 0.5) is 0 Å². The molecular formula is C5H2N3S2. The third kappa shape index (κ3) is 0.932. The van der Waals surface area contributed by atoms with E-state index in [1.54, 1.807) is 0 Å². The Bertz CT molecular complexity index is 254. The lowest BCUT2D eigenvalue weighted by Crippen LogP contribution is -1.75. The molecule has 0 N–H and O–H groups in total. The second kappa shape index (κ2) is 2.43. The van der Waals surface area contributed by atoms with Gasteiger partial charge in [-0.3, -0.25) is 0 Å². The Hall–Kier alpha value is -0.810. The van der Waals surface area contributed by atoms with Crippen molar-refractivity contribution >= 4 is 22.9 Å². The first-order valence-electron chi connectivity index (χ1n) is 2.56. The molecule has 0 saturated carbocycles. The molecule has 2 aromatic heterocycles. The fraction of sp³-hybridized carbons (Fsp3) is 0. The minimum absolute atomic E-state index is 0.836. The van der Waals surface area contributed by atoms with Crippen molar-refractivity contribution in [3.05, 3.63) is 16.3 Å². The van der Waals surface area contributed by atoms with Crippen molar-refractivity contribution in [1.82, 2.24) is 14.6 Å². The average molecular weight is 168 g/mol. The lowest BCUT2D eigenvalue weighted by molar-refractivity contribution is 1.15. The maximum absolute atomic E-state index is 3.96. The van der Waals surface area contributed by atoms with E-state index in [1.807, 2.05) is 10.8 Å². The Labute approximate surface area is 65.5 Å². The first-order chi connectivity index (χ1) is 4.97. The van der Waals surface area contributed by atoms with Gasteiger partial charge >= 0.3 is 0 Å². The number of hydrogen-bond acceptors (Lipinski definition) is 5. The summed E-state index contributed by atoms with van der Waals surface area (Å²) in [6.07, 6.45) is 0. The van der Waals surface area contributed by atoms with E-state index in [4.69, 9.17) is 0 Å². The van der Waals surface area contributed by atoms with Crippen LogP contribution >= 0.6 is 22.9 Å². The summed E-state index contributed by atoms with van der Waals surface area (Å²) in [5, 5.41) is 7.61. The van der Waals surface area contributed by atoms with Crippen molar-refractivity contribution in [3.63, 3.8) is 0 Å². The van der Waals surface area contributed by atoms with Gasteiger partial charge in [0.1, 0.15) is 11.4 Å². The fourth-order valence-corrected chi connectivity index (χ4v) is 1.52. The van der Waals surface area contributed by atoms with Crippen LogP contribution in [0.25, 0.3) is 11.4 Å². The van der Waals surface area contributed by atoms with Crippen molar-refractivity contribution in [2.24, 2.45) is 0 Å². The van der Waals surface area contributed by atoms with Crippen LogP contribution in [0.2, 0.25) is 0 Å². The van der Waals surface area contributed by atoms with E-state index >= 15 is 0 Å². The molecule has 0 fully saturated rings. The van der Waals surface area contributed by atoms with Crippen LogP contribution in [-0.2, 0) is 0 Å². The first kappa shape index (κ1) is 5.94. The summed E-state index contributed by atoms with van der Waals surface area (Å²) < 4.78 is 3.72. The monoisotopic (exact) mass is 168 g/mol. The Kier molecular flexibility index (Phi) is 1.44. The zero-order chi connectivity index (χ0) is 6.81. The van der Waals surface area contributed by atoms with Crippen LogP contribution in [0.5, 0.6) is 0 Å². The molecule has 5 heteroatoms. The van der Waals surface area contributed by atoms with Crippen molar-refractivity contribution < 1.29 is 0 Å². The topological polar surface area (TPSA) is 38.7 Å². The van der Waals surface area contributed by atoms with E-state index in [1.165, 1.54) is 22.9 Å². The number of nitrogens with zero attached hydrogens (tertiary/aromatic N) is 3. The Balaban J connectivity index is 2.48. The maximum atomic E-state index is 3.96. The van der Waals surface area contributed by atoms with Crippen molar-refractivity contribution in [2.75, 3.05) is 0 Å². The van der Waals surface area contributed by atoms with E-state index in [9.17, 15) is 0 Å². The predicted octanol–water partition coefficient (Wildman–Crippen LogP) is 1.46. The normalized spacial score (nSPS) is 10.0. The number of rotatable bonds is 1. The molecule has 0 aromatic carbocycles. The van der Waals surface area contributed by atoms with Gasteiger partial charge in [0.05, 0.1) is 0 Å². The lowest BCUT2D eigenvalue weighted by atomic mass is 10.4. The van der Waals surface area contributed by atoms with Crippen LogP contribution in [0.3, 0.4) is 0 Å². The number of thiazole rings is 1. The molecule has 0 spiro atoms. The SMILES string of the molecule is [c]1nc(-c2csnn2)cs1. The summed E-state index contributed by atoms with van der Waals surface area (Å²) in [6.45, 7) is 0. The zero-order valence-electron chi connectivity index (χ0n) is 4.81. The summed E-state index contributed by atoms with van der Waals surface area (Å²) >= 11 is 2.77. The Morgan fingerprint density at radius 2 is 2.30 bits per heavy atom. The van der Waals surface area contributed by atoms with E-state index in [-0.39, 0.29) is 0 Å². The van der Waals surface area contributed by atoms with Crippen molar-refractivity contribution in [3.8, 4) is 11.4 Å². The molecule has 3 nitrogen and oxygen atoms in total. The molecule has 2 heterocycles. The van der Waals surface area contributed by atoms with Gasteiger partial charge in [-0.05, 0) is 11.5 Å². The van der Waals surface area contributed by atoms with Gasteiger partial charge < -0.3 is 0 Å². The second-order valence-corrected chi connectivity index (χ2v) is 2.88. The molecule has 0 atom stereocenters. The summed E-state index contributed by atoms with van der Waals surface area (Å²) in [5.74, 6) is 0. The summed E-state index contributed by atoms with van der Waals surface area (Å²) in [7, 11) is 0. The molecule has 0 aliphatic carbocycles. The van der Waals surface area contributed by atoms with Gasteiger partial charge in [-0.1, -0.05) is 4.49 Å². The quantitative estimate of drug-likeness (QED) is 0.647. The molecule has 49 valence electrons. The van der Waals surface area contributed by atoms with Crippen molar-refractivity contribution in [1.29, 1.82) is 0 Å². The molecule has 0 saturated heterocycles. The highest BCUT2D eigenvalue weighted by Gasteiger charge is 2.00. The molecule has 10 heavy (non-hydrogen) atoms. The Morgan fingerprint density at radius 3 is 2.90 bits per heavy atom.